The van der Waals surface area contributed by atoms with Crippen molar-refractivity contribution in [2.24, 2.45) is 5.10 Å². The number of amides is 1. The number of nitrogens with zero attached hydrogens (tertiary/aromatic N) is 1. The van der Waals surface area contributed by atoms with Crippen molar-refractivity contribution >= 4 is 74.3 Å². The number of benzene rings is 3. The average Bonchev–Trinajstić information content (AvgIpc) is 3.18. The molecule has 0 aliphatic carbocycles. The highest BCUT2D eigenvalue weighted by molar-refractivity contribution is 7.21. The number of hydrogen-bond acceptors (Lipinski definition) is 6. The van der Waals surface area contributed by atoms with E-state index in [4.69, 9.17) is 44.3 Å². The number of nitrogens with one attached hydrogen (secondary N) is 1. The third-order valence-corrected chi connectivity index (χ3v) is 6.97. The Bertz CT molecular complexity index is 1440. The van der Waals surface area contributed by atoms with Crippen LogP contribution in [0.4, 0.5) is 0 Å². The Labute approximate surface area is 220 Å². The molecule has 0 bridgehead atoms. The largest absolute Gasteiger partial charge is 0.479 e. The Morgan fingerprint density at radius 3 is 2.51 bits per heavy atom. The van der Waals surface area contributed by atoms with Gasteiger partial charge in [-0.05, 0) is 43.3 Å². The zero-order chi connectivity index (χ0) is 24.9. The maximum atomic E-state index is 12.8. The molecule has 1 atom stereocenters. The predicted octanol–water partition coefficient (Wildman–Crippen LogP) is 7.00. The van der Waals surface area contributed by atoms with E-state index in [1.807, 2.05) is 24.3 Å². The summed E-state index contributed by atoms with van der Waals surface area (Å²) in [6.07, 6.45) is 0.490. The fourth-order valence-electron chi connectivity index (χ4n) is 3.04. The lowest BCUT2D eigenvalue weighted by atomic mass is 10.2. The minimum Gasteiger partial charge on any atom is -0.479 e. The number of hydrazone groups is 1. The molecule has 178 valence electrons. The summed E-state index contributed by atoms with van der Waals surface area (Å²) in [6.45, 7) is 1.56. The van der Waals surface area contributed by atoms with Crippen molar-refractivity contribution in [1.29, 1.82) is 0 Å². The van der Waals surface area contributed by atoms with Gasteiger partial charge in [0.1, 0.15) is 16.4 Å². The smallest absolute Gasteiger partial charge is 0.355 e. The second-order valence-corrected chi connectivity index (χ2v) is 9.51. The molecule has 0 aliphatic rings. The molecule has 1 amide bonds. The van der Waals surface area contributed by atoms with Gasteiger partial charge in [0.2, 0.25) is 0 Å². The maximum Gasteiger partial charge on any atom is 0.355 e. The molecule has 1 heterocycles. The van der Waals surface area contributed by atoms with Crippen LogP contribution in [0.3, 0.4) is 0 Å². The van der Waals surface area contributed by atoms with Gasteiger partial charge in [0.15, 0.2) is 6.10 Å². The summed E-state index contributed by atoms with van der Waals surface area (Å²) in [5, 5.41) is 5.85. The van der Waals surface area contributed by atoms with Crippen LogP contribution in [0.25, 0.3) is 10.1 Å². The summed E-state index contributed by atoms with van der Waals surface area (Å²) in [4.78, 5) is 25.5. The van der Waals surface area contributed by atoms with Crippen LogP contribution in [-0.4, -0.2) is 24.2 Å². The zero-order valence-electron chi connectivity index (χ0n) is 18.1. The average molecular weight is 548 g/mol. The first kappa shape index (κ1) is 25.0. The maximum absolute atomic E-state index is 12.8. The number of rotatable bonds is 7. The Morgan fingerprint density at radius 2 is 1.74 bits per heavy atom. The number of hydrogen-bond donors (Lipinski definition) is 1. The van der Waals surface area contributed by atoms with Gasteiger partial charge in [0, 0.05) is 20.7 Å². The molecule has 0 spiro atoms. The van der Waals surface area contributed by atoms with Gasteiger partial charge in [-0.3, -0.25) is 4.79 Å². The van der Waals surface area contributed by atoms with Crippen LogP contribution < -0.4 is 14.9 Å². The molecule has 0 fully saturated rings. The Hall–Kier alpha value is -3.10. The van der Waals surface area contributed by atoms with Gasteiger partial charge in [-0.25, -0.2) is 10.2 Å². The number of carbonyl (C=O) groups is 2. The molecule has 0 aliphatic heterocycles. The van der Waals surface area contributed by atoms with E-state index in [0.29, 0.717) is 26.2 Å². The Morgan fingerprint density at radius 1 is 1.00 bits per heavy atom. The first-order valence-electron chi connectivity index (χ1n) is 10.3. The quantitative estimate of drug-likeness (QED) is 0.117. The molecule has 10 heteroatoms. The summed E-state index contributed by atoms with van der Waals surface area (Å²) < 4.78 is 12.0. The topological polar surface area (TPSA) is 77.0 Å². The van der Waals surface area contributed by atoms with E-state index in [2.05, 4.69) is 10.5 Å². The standard InChI is InChI=1S/C25H17Cl3N2O4S/c1-14(33-20-11-10-16(26)12-18(20)27)24(31)30-29-13-15-6-2-4-8-19(15)34-25(32)23-22(28)17-7-3-5-9-21(17)35-23/h2-14H,1H3,(H,30,31). The number of carbonyl (C=O) groups excluding carboxylic acids is 2. The van der Waals surface area contributed by atoms with Crippen LogP contribution in [0, 0.1) is 0 Å². The molecule has 0 saturated carbocycles. The van der Waals surface area contributed by atoms with Gasteiger partial charge in [0.05, 0.1) is 16.3 Å². The van der Waals surface area contributed by atoms with E-state index in [0.717, 1.165) is 10.1 Å². The second-order valence-electron chi connectivity index (χ2n) is 7.24. The molecule has 1 aromatic heterocycles. The Kier molecular flexibility index (Phi) is 7.93. The van der Waals surface area contributed by atoms with Crippen molar-refractivity contribution < 1.29 is 19.1 Å². The van der Waals surface area contributed by atoms with E-state index in [9.17, 15) is 9.59 Å². The molecule has 1 unspecified atom stereocenters. The summed E-state index contributed by atoms with van der Waals surface area (Å²) in [7, 11) is 0. The lowest BCUT2D eigenvalue weighted by Crippen LogP contribution is -2.33. The fourth-order valence-corrected chi connectivity index (χ4v) is 4.88. The van der Waals surface area contributed by atoms with Crippen molar-refractivity contribution in [2.75, 3.05) is 0 Å². The predicted molar refractivity (Wildman–Crippen MR) is 141 cm³/mol. The van der Waals surface area contributed by atoms with Crippen molar-refractivity contribution in [3.05, 3.63) is 92.2 Å². The van der Waals surface area contributed by atoms with E-state index < -0.39 is 18.0 Å². The lowest BCUT2D eigenvalue weighted by molar-refractivity contribution is -0.127. The van der Waals surface area contributed by atoms with Crippen LogP contribution in [0.15, 0.2) is 71.8 Å². The van der Waals surface area contributed by atoms with Gasteiger partial charge in [-0.2, -0.15) is 5.10 Å². The highest BCUT2D eigenvalue weighted by atomic mass is 35.5. The highest BCUT2D eigenvalue weighted by Gasteiger charge is 2.20. The van der Waals surface area contributed by atoms with Crippen LogP contribution in [-0.2, 0) is 4.79 Å². The molecule has 1 N–H and O–H groups in total. The number of ether oxygens (including phenoxy) is 2. The van der Waals surface area contributed by atoms with Crippen LogP contribution >= 0.6 is 46.1 Å². The zero-order valence-corrected chi connectivity index (χ0v) is 21.2. The van der Waals surface area contributed by atoms with Gasteiger partial charge in [-0.1, -0.05) is 65.1 Å². The fraction of sp³-hybridized carbons (Fsp3) is 0.0800. The number of thiophene rings is 1. The molecule has 4 aromatic rings. The van der Waals surface area contributed by atoms with E-state index in [1.165, 1.54) is 23.6 Å². The van der Waals surface area contributed by atoms with Crippen LogP contribution in [0.2, 0.25) is 15.1 Å². The minimum atomic E-state index is -0.881. The third kappa shape index (κ3) is 5.94. The van der Waals surface area contributed by atoms with E-state index in [1.54, 1.807) is 43.3 Å². The van der Waals surface area contributed by atoms with E-state index >= 15 is 0 Å². The van der Waals surface area contributed by atoms with Crippen molar-refractivity contribution in [2.45, 2.75) is 13.0 Å². The monoisotopic (exact) mass is 546 g/mol. The third-order valence-electron chi connectivity index (χ3n) is 4.79. The second kappa shape index (κ2) is 11.1. The summed E-state index contributed by atoms with van der Waals surface area (Å²) in [5.41, 5.74) is 2.88. The summed E-state index contributed by atoms with van der Waals surface area (Å²) in [6, 6.07) is 18.9. The summed E-state index contributed by atoms with van der Waals surface area (Å²) in [5.74, 6) is -0.497. The molecule has 0 radical (unpaired) electrons. The van der Waals surface area contributed by atoms with Crippen molar-refractivity contribution in [3.63, 3.8) is 0 Å². The lowest BCUT2D eigenvalue weighted by Gasteiger charge is -2.14. The first-order valence-corrected chi connectivity index (χ1v) is 12.2. The molecule has 3 aromatic carbocycles. The molecule has 4 rings (SSSR count). The van der Waals surface area contributed by atoms with Gasteiger partial charge >= 0.3 is 5.97 Å². The molecule has 6 nitrogen and oxygen atoms in total. The molecular formula is C25H17Cl3N2O4S. The molecular weight excluding hydrogens is 531 g/mol. The summed E-state index contributed by atoms with van der Waals surface area (Å²) >= 11 is 19.6. The van der Waals surface area contributed by atoms with Crippen molar-refractivity contribution in [1.82, 2.24) is 5.43 Å². The number of fused-ring (bicyclic) bond motifs is 1. The van der Waals surface area contributed by atoms with Gasteiger partial charge in [-0.15, -0.1) is 11.3 Å². The molecule has 0 saturated heterocycles. The normalized spacial score (nSPS) is 12.0. The van der Waals surface area contributed by atoms with Crippen LogP contribution in [0.1, 0.15) is 22.2 Å². The van der Waals surface area contributed by atoms with Gasteiger partial charge in [0.25, 0.3) is 5.91 Å². The number of halogens is 3. The Balaban J connectivity index is 1.42. The SMILES string of the molecule is CC(Oc1ccc(Cl)cc1Cl)C(=O)NN=Cc1ccccc1OC(=O)c1sc2ccccc2c1Cl. The first-order chi connectivity index (χ1) is 16.8. The number of para-hydroxylation sites is 1. The molecule has 35 heavy (non-hydrogen) atoms. The highest BCUT2D eigenvalue weighted by Crippen LogP contribution is 2.36. The van der Waals surface area contributed by atoms with Crippen LogP contribution in [0.5, 0.6) is 11.5 Å². The van der Waals surface area contributed by atoms with E-state index in [-0.39, 0.29) is 10.8 Å². The number of esters is 1. The van der Waals surface area contributed by atoms with Crippen molar-refractivity contribution in [3.8, 4) is 11.5 Å². The van der Waals surface area contributed by atoms with Gasteiger partial charge < -0.3 is 9.47 Å². The minimum absolute atomic E-state index is 0.265.